The summed E-state index contributed by atoms with van der Waals surface area (Å²) in [6.07, 6.45) is 4.68. The van der Waals surface area contributed by atoms with E-state index < -0.39 is 0 Å². The van der Waals surface area contributed by atoms with Crippen LogP contribution in [0.1, 0.15) is 26.2 Å². The number of nitrogens with zero attached hydrogens (tertiary/aromatic N) is 1. The second-order valence-electron chi connectivity index (χ2n) is 5.67. The Morgan fingerprint density at radius 1 is 1.20 bits per heavy atom. The van der Waals surface area contributed by atoms with Crippen molar-refractivity contribution in [1.29, 1.82) is 0 Å². The lowest BCUT2D eigenvalue weighted by Crippen LogP contribution is -2.42. The highest BCUT2D eigenvalue weighted by atomic mass is 16.5. The second-order valence-corrected chi connectivity index (χ2v) is 5.67. The monoisotopic (exact) mass is 343 g/mol. The average molecular weight is 343 g/mol. The summed E-state index contributed by atoms with van der Waals surface area (Å²) in [5.41, 5.74) is 5.67. The quantitative estimate of drug-likeness (QED) is 0.693. The van der Waals surface area contributed by atoms with Crippen molar-refractivity contribution in [2.75, 3.05) is 13.2 Å². The van der Waals surface area contributed by atoms with E-state index in [9.17, 15) is 4.79 Å². The summed E-state index contributed by atoms with van der Waals surface area (Å²) in [7, 11) is 0. The van der Waals surface area contributed by atoms with E-state index in [1.807, 2.05) is 12.1 Å². The van der Waals surface area contributed by atoms with E-state index >= 15 is 0 Å². The Labute approximate surface area is 148 Å². The molecule has 1 aromatic heterocycles. The SMILES string of the molecule is CCCCC(CN)NC(=O)COc1ccc(Oc2ccccn2)cc1. The van der Waals surface area contributed by atoms with Gasteiger partial charge in [-0.15, -0.1) is 0 Å². The lowest BCUT2D eigenvalue weighted by Gasteiger charge is -2.16. The molecule has 1 atom stereocenters. The largest absolute Gasteiger partial charge is 0.484 e. The number of ether oxygens (including phenoxy) is 2. The third-order valence-corrected chi connectivity index (χ3v) is 3.61. The summed E-state index contributed by atoms with van der Waals surface area (Å²) in [6.45, 7) is 2.51. The number of nitrogens with one attached hydrogen (secondary N) is 1. The molecule has 0 saturated heterocycles. The first-order chi connectivity index (χ1) is 12.2. The number of pyridine rings is 1. The number of amides is 1. The van der Waals surface area contributed by atoms with Gasteiger partial charge >= 0.3 is 0 Å². The zero-order chi connectivity index (χ0) is 17.9. The van der Waals surface area contributed by atoms with Crippen LogP contribution in [0.25, 0.3) is 0 Å². The van der Waals surface area contributed by atoms with Gasteiger partial charge < -0.3 is 20.5 Å². The molecule has 1 heterocycles. The van der Waals surface area contributed by atoms with E-state index in [0.29, 0.717) is 23.9 Å². The Kier molecular flexibility index (Phi) is 7.72. The highest BCUT2D eigenvalue weighted by molar-refractivity contribution is 5.77. The van der Waals surface area contributed by atoms with Crippen molar-refractivity contribution >= 4 is 5.91 Å². The lowest BCUT2D eigenvalue weighted by molar-refractivity contribution is -0.123. The molecule has 3 N–H and O–H groups in total. The molecule has 1 aromatic carbocycles. The van der Waals surface area contributed by atoms with Gasteiger partial charge in [-0.05, 0) is 36.8 Å². The van der Waals surface area contributed by atoms with Gasteiger partial charge in [0.2, 0.25) is 5.88 Å². The third-order valence-electron chi connectivity index (χ3n) is 3.61. The highest BCUT2D eigenvalue weighted by Gasteiger charge is 2.10. The molecule has 0 spiro atoms. The minimum atomic E-state index is -0.166. The summed E-state index contributed by atoms with van der Waals surface area (Å²) in [4.78, 5) is 16.0. The van der Waals surface area contributed by atoms with Gasteiger partial charge in [0, 0.05) is 24.8 Å². The number of hydrogen-bond donors (Lipinski definition) is 2. The van der Waals surface area contributed by atoms with Crippen molar-refractivity contribution in [3.63, 3.8) is 0 Å². The number of carbonyl (C=O) groups excluding carboxylic acids is 1. The summed E-state index contributed by atoms with van der Waals surface area (Å²) in [6, 6.07) is 12.5. The number of hydrogen-bond acceptors (Lipinski definition) is 5. The van der Waals surface area contributed by atoms with Crippen LogP contribution in [-0.4, -0.2) is 30.1 Å². The van der Waals surface area contributed by atoms with Crippen LogP contribution < -0.4 is 20.5 Å². The fraction of sp³-hybridized carbons (Fsp3) is 0.368. The Balaban J connectivity index is 1.78. The minimum Gasteiger partial charge on any atom is -0.484 e. The molecule has 134 valence electrons. The number of unbranched alkanes of at least 4 members (excludes halogenated alkanes) is 1. The zero-order valence-electron chi connectivity index (χ0n) is 14.5. The third kappa shape index (κ3) is 6.81. The maximum atomic E-state index is 11.9. The van der Waals surface area contributed by atoms with Crippen LogP contribution in [0.2, 0.25) is 0 Å². The predicted molar refractivity (Wildman–Crippen MR) is 96.8 cm³/mol. The van der Waals surface area contributed by atoms with Crippen LogP contribution in [0.4, 0.5) is 0 Å². The van der Waals surface area contributed by atoms with Crippen LogP contribution in [0, 0.1) is 0 Å². The fourth-order valence-electron chi connectivity index (χ4n) is 2.25. The van der Waals surface area contributed by atoms with Gasteiger partial charge in [-0.2, -0.15) is 0 Å². The van der Waals surface area contributed by atoms with E-state index in [4.69, 9.17) is 15.2 Å². The summed E-state index contributed by atoms with van der Waals surface area (Å²) in [5, 5.41) is 2.89. The van der Waals surface area contributed by atoms with E-state index in [-0.39, 0.29) is 18.6 Å². The molecule has 6 nitrogen and oxygen atoms in total. The molecule has 2 rings (SSSR count). The van der Waals surface area contributed by atoms with E-state index in [1.54, 1.807) is 36.5 Å². The fourth-order valence-corrected chi connectivity index (χ4v) is 2.25. The number of nitrogens with two attached hydrogens (primary N) is 1. The average Bonchev–Trinajstić information content (AvgIpc) is 2.65. The molecule has 25 heavy (non-hydrogen) atoms. The van der Waals surface area contributed by atoms with Crippen molar-refractivity contribution in [2.24, 2.45) is 5.73 Å². The van der Waals surface area contributed by atoms with Crippen LogP contribution in [0.5, 0.6) is 17.4 Å². The first-order valence-corrected chi connectivity index (χ1v) is 8.52. The number of rotatable bonds is 10. The van der Waals surface area contributed by atoms with Gasteiger partial charge in [-0.25, -0.2) is 4.98 Å². The molecule has 0 aliphatic rings. The van der Waals surface area contributed by atoms with Crippen LogP contribution >= 0.6 is 0 Å². The minimum absolute atomic E-state index is 0.00481. The Morgan fingerprint density at radius 2 is 1.96 bits per heavy atom. The summed E-state index contributed by atoms with van der Waals surface area (Å²) < 4.78 is 11.1. The Bertz CT molecular complexity index is 632. The van der Waals surface area contributed by atoms with E-state index in [2.05, 4.69) is 17.2 Å². The summed E-state index contributed by atoms with van der Waals surface area (Å²) in [5.74, 6) is 1.61. The maximum absolute atomic E-state index is 11.9. The molecule has 6 heteroatoms. The molecule has 0 aliphatic heterocycles. The molecule has 2 aromatic rings. The lowest BCUT2D eigenvalue weighted by atomic mass is 10.1. The Hall–Kier alpha value is -2.60. The van der Waals surface area contributed by atoms with Gasteiger partial charge in [0.15, 0.2) is 6.61 Å². The van der Waals surface area contributed by atoms with Gasteiger partial charge in [0.1, 0.15) is 11.5 Å². The second kappa shape index (κ2) is 10.3. The number of carbonyl (C=O) groups is 1. The van der Waals surface area contributed by atoms with Gasteiger partial charge in [-0.1, -0.05) is 25.8 Å². The molecule has 1 unspecified atom stereocenters. The van der Waals surface area contributed by atoms with Gasteiger partial charge in [-0.3, -0.25) is 4.79 Å². The topological polar surface area (TPSA) is 86.5 Å². The molecule has 0 saturated carbocycles. The maximum Gasteiger partial charge on any atom is 0.258 e. The highest BCUT2D eigenvalue weighted by Crippen LogP contribution is 2.22. The standard InChI is InChI=1S/C19H25N3O3/c1-2-3-6-15(13-20)22-18(23)14-24-16-8-10-17(11-9-16)25-19-7-4-5-12-21-19/h4-5,7-12,15H,2-3,6,13-14,20H2,1H3,(H,22,23). The van der Waals surface area contributed by atoms with Crippen molar-refractivity contribution in [1.82, 2.24) is 10.3 Å². The molecular formula is C19H25N3O3. The van der Waals surface area contributed by atoms with Gasteiger partial charge in [0.05, 0.1) is 0 Å². The molecule has 0 fully saturated rings. The van der Waals surface area contributed by atoms with E-state index in [0.717, 1.165) is 19.3 Å². The van der Waals surface area contributed by atoms with Crippen molar-refractivity contribution in [3.05, 3.63) is 48.7 Å². The van der Waals surface area contributed by atoms with Gasteiger partial charge in [0.25, 0.3) is 5.91 Å². The van der Waals surface area contributed by atoms with Crippen LogP contribution in [-0.2, 0) is 4.79 Å². The molecule has 1 amide bonds. The van der Waals surface area contributed by atoms with Crippen molar-refractivity contribution in [3.8, 4) is 17.4 Å². The molecule has 0 radical (unpaired) electrons. The molecular weight excluding hydrogens is 318 g/mol. The first-order valence-electron chi connectivity index (χ1n) is 8.52. The molecule has 0 bridgehead atoms. The zero-order valence-corrected chi connectivity index (χ0v) is 14.5. The Morgan fingerprint density at radius 3 is 2.60 bits per heavy atom. The van der Waals surface area contributed by atoms with Crippen molar-refractivity contribution in [2.45, 2.75) is 32.2 Å². The van der Waals surface area contributed by atoms with Crippen molar-refractivity contribution < 1.29 is 14.3 Å². The van der Waals surface area contributed by atoms with Crippen LogP contribution in [0.3, 0.4) is 0 Å². The van der Waals surface area contributed by atoms with E-state index in [1.165, 1.54) is 0 Å². The smallest absolute Gasteiger partial charge is 0.258 e. The number of benzene rings is 1. The molecule has 0 aliphatic carbocycles. The summed E-state index contributed by atoms with van der Waals surface area (Å²) >= 11 is 0. The normalized spacial score (nSPS) is 11.6. The predicted octanol–water partition coefficient (Wildman–Crippen LogP) is 2.89. The number of aromatic nitrogens is 1. The first kappa shape index (κ1) is 18.7. The van der Waals surface area contributed by atoms with Crippen LogP contribution in [0.15, 0.2) is 48.7 Å².